The van der Waals surface area contributed by atoms with E-state index in [1.165, 1.54) is 26.0 Å². The molecule has 1 N–H and O–H groups in total. The van der Waals surface area contributed by atoms with E-state index >= 15 is 0 Å². The monoisotopic (exact) mass is 313 g/mol. The van der Waals surface area contributed by atoms with Gasteiger partial charge in [0, 0.05) is 6.07 Å². The van der Waals surface area contributed by atoms with Crippen molar-refractivity contribution in [2.75, 3.05) is 16.7 Å². The van der Waals surface area contributed by atoms with Gasteiger partial charge in [0.1, 0.15) is 18.4 Å². The summed E-state index contributed by atoms with van der Waals surface area (Å²) in [7, 11) is -3.72. The van der Waals surface area contributed by atoms with E-state index in [0.717, 1.165) is 4.31 Å². The van der Waals surface area contributed by atoms with Crippen LogP contribution in [0.25, 0.3) is 0 Å². The highest BCUT2D eigenvalue weighted by Gasteiger charge is 2.30. The number of anilines is 1. The molecule has 0 saturated carbocycles. The van der Waals surface area contributed by atoms with Crippen molar-refractivity contribution in [1.29, 1.82) is 0 Å². The molecule has 1 unspecified atom stereocenters. The van der Waals surface area contributed by atoms with Gasteiger partial charge >= 0.3 is 5.97 Å². The Balaban J connectivity index is 3.26. The number of carbonyl (C=O) groups is 1. The molecule has 0 aliphatic heterocycles. The van der Waals surface area contributed by atoms with Gasteiger partial charge in [0.05, 0.1) is 11.4 Å². The summed E-state index contributed by atoms with van der Waals surface area (Å²) in [5.74, 6) is -0.965. The van der Waals surface area contributed by atoms with Crippen molar-refractivity contribution in [3.05, 3.63) is 36.9 Å². The van der Waals surface area contributed by atoms with Gasteiger partial charge in [-0.25, -0.2) is 13.2 Å². The minimum atomic E-state index is -3.72. The second kappa shape index (κ2) is 7.12. The molecule has 0 radical (unpaired) electrons. The predicted octanol–water partition coefficient (Wildman–Crippen LogP) is 1.88. The molecular weight excluding hydrogens is 294 g/mol. The van der Waals surface area contributed by atoms with Gasteiger partial charge in [0.2, 0.25) is 10.0 Å². The lowest BCUT2D eigenvalue weighted by Gasteiger charge is -2.27. The number of hydrogen-bond acceptors (Lipinski definition) is 4. The maximum Gasteiger partial charge on any atom is 0.327 e. The van der Waals surface area contributed by atoms with Crippen LogP contribution in [0.2, 0.25) is 0 Å². The van der Waals surface area contributed by atoms with Gasteiger partial charge in [-0.05, 0) is 26.0 Å². The van der Waals surface area contributed by atoms with Crippen molar-refractivity contribution < 1.29 is 23.1 Å². The molecule has 0 aromatic heterocycles. The first-order valence-corrected chi connectivity index (χ1v) is 8.03. The van der Waals surface area contributed by atoms with Gasteiger partial charge in [-0.2, -0.15) is 0 Å². The molecule has 1 rings (SSSR count). The van der Waals surface area contributed by atoms with Crippen LogP contribution in [0.15, 0.2) is 36.9 Å². The average Bonchev–Trinajstić information content (AvgIpc) is 2.45. The van der Waals surface area contributed by atoms with E-state index in [9.17, 15) is 13.2 Å². The molecular formula is C14H19NO5S. The van der Waals surface area contributed by atoms with Gasteiger partial charge in [-0.1, -0.05) is 18.7 Å². The molecule has 0 bridgehead atoms. The lowest BCUT2D eigenvalue weighted by Crippen LogP contribution is -2.44. The van der Waals surface area contributed by atoms with Crippen molar-refractivity contribution in [3.8, 4) is 5.75 Å². The summed E-state index contributed by atoms with van der Waals surface area (Å²) < 4.78 is 30.6. The lowest BCUT2D eigenvalue weighted by molar-refractivity contribution is -0.137. The molecule has 0 fully saturated rings. The van der Waals surface area contributed by atoms with Crippen LogP contribution < -0.4 is 9.04 Å². The summed E-state index contributed by atoms with van der Waals surface area (Å²) in [6.07, 6.45) is 1.56. The van der Waals surface area contributed by atoms with Crippen molar-refractivity contribution in [2.24, 2.45) is 0 Å². The fourth-order valence-electron chi connectivity index (χ4n) is 1.73. The zero-order valence-corrected chi connectivity index (χ0v) is 12.8. The molecule has 1 aromatic rings. The van der Waals surface area contributed by atoms with Gasteiger partial charge < -0.3 is 9.84 Å². The Hall–Kier alpha value is -2.02. The summed E-state index contributed by atoms with van der Waals surface area (Å²) in [5.41, 5.74) is 0.258. The van der Waals surface area contributed by atoms with E-state index in [1.807, 2.05) is 0 Å². The molecule has 116 valence electrons. The van der Waals surface area contributed by atoms with Crippen molar-refractivity contribution in [1.82, 2.24) is 0 Å². The summed E-state index contributed by atoms with van der Waals surface area (Å²) in [6.45, 7) is 6.60. The third kappa shape index (κ3) is 4.22. The highest BCUT2D eigenvalue weighted by molar-refractivity contribution is 7.92. The number of sulfonamides is 1. The zero-order valence-electron chi connectivity index (χ0n) is 12.0. The fourth-order valence-corrected chi connectivity index (χ4v) is 3.01. The minimum absolute atomic E-state index is 0.192. The van der Waals surface area contributed by atoms with E-state index in [1.54, 1.807) is 18.2 Å². The maximum absolute atomic E-state index is 12.2. The molecule has 1 aromatic carbocycles. The molecule has 0 aliphatic rings. The smallest absolute Gasteiger partial charge is 0.327 e. The Kier molecular flexibility index (Phi) is 5.78. The predicted molar refractivity (Wildman–Crippen MR) is 81.2 cm³/mol. The van der Waals surface area contributed by atoms with Gasteiger partial charge in [0.15, 0.2) is 0 Å². The van der Waals surface area contributed by atoms with E-state index < -0.39 is 22.0 Å². The second-order valence-corrected chi connectivity index (χ2v) is 6.44. The van der Waals surface area contributed by atoms with Gasteiger partial charge in [-0.15, -0.1) is 0 Å². The van der Waals surface area contributed by atoms with Crippen LogP contribution >= 0.6 is 0 Å². The minimum Gasteiger partial charge on any atom is -0.489 e. The zero-order chi connectivity index (χ0) is 16.0. The quantitative estimate of drug-likeness (QED) is 0.741. The van der Waals surface area contributed by atoms with Crippen LogP contribution in [0.1, 0.15) is 13.8 Å². The number of rotatable bonds is 8. The number of carboxylic acids is 1. The molecule has 21 heavy (non-hydrogen) atoms. The molecule has 0 spiro atoms. The lowest BCUT2D eigenvalue weighted by atomic mass is 10.2. The van der Waals surface area contributed by atoms with Gasteiger partial charge in [-0.3, -0.25) is 4.31 Å². The Bertz CT molecular complexity index is 612. The van der Waals surface area contributed by atoms with E-state index in [0.29, 0.717) is 5.75 Å². The maximum atomic E-state index is 12.2. The SMILES string of the molecule is C=CCOc1cccc(N(C(C)C(=O)O)S(=O)(=O)CC)c1. The van der Waals surface area contributed by atoms with Crippen LogP contribution in [-0.4, -0.2) is 37.9 Å². The number of benzene rings is 1. The van der Waals surface area contributed by atoms with Crippen molar-refractivity contribution in [2.45, 2.75) is 19.9 Å². The Morgan fingerprint density at radius 1 is 1.52 bits per heavy atom. The first-order chi connectivity index (χ1) is 9.83. The Morgan fingerprint density at radius 3 is 2.71 bits per heavy atom. The highest BCUT2D eigenvalue weighted by atomic mass is 32.2. The molecule has 0 aliphatic carbocycles. The van der Waals surface area contributed by atoms with Crippen LogP contribution in [0, 0.1) is 0 Å². The first kappa shape index (κ1) is 17.0. The van der Waals surface area contributed by atoms with E-state index in [-0.39, 0.29) is 18.0 Å². The topological polar surface area (TPSA) is 83.9 Å². The summed E-state index contributed by atoms with van der Waals surface area (Å²) in [4.78, 5) is 11.2. The highest BCUT2D eigenvalue weighted by Crippen LogP contribution is 2.26. The standard InChI is InChI=1S/C14H19NO5S/c1-4-9-20-13-8-6-7-12(10-13)15(11(3)14(16)17)21(18,19)5-2/h4,6-8,10-11H,1,5,9H2,2-3H3,(H,16,17). The van der Waals surface area contributed by atoms with E-state index in [2.05, 4.69) is 6.58 Å². The first-order valence-electron chi connectivity index (χ1n) is 6.42. The van der Waals surface area contributed by atoms with Crippen molar-refractivity contribution >= 4 is 21.7 Å². The van der Waals surface area contributed by atoms with Crippen LogP contribution in [0.5, 0.6) is 5.75 Å². The second-order valence-electron chi connectivity index (χ2n) is 4.31. The van der Waals surface area contributed by atoms with Crippen LogP contribution in [0.3, 0.4) is 0 Å². The van der Waals surface area contributed by atoms with Crippen molar-refractivity contribution in [3.63, 3.8) is 0 Å². The Labute approximate surface area is 124 Å². The third-order valence-corrected chi connectivity index (χ3v) is 4.67. The van der Waals surface area contributed by atoms with Crippen LogP contribution in [-0.2, 0) is 14.8 Å². The fraction of sp³-hybridized carbons (Fsp3) is 0.357. The third-order valence-electron chi connectivity index (χ3n) is 2.81. The normalized spacial score (nSPS) is 12.5. The number of hydrogen-bond donors (Lipinski definition) is 1. The average molecular weight is 313 g/mol. The largest absolute Gasteiger partial charge is 0.489 e. The molecule has 6 nitrogen and oxygen atoms in total. The molecule has 7 heteroatoms. The number of carboxylic acid groups (broad SMARTS) is 1. The number of ether oxygens (including phenoxy) is 1. The summed E-state index contributed by atoms with van der Waals surface area (Å²) in [6, 6.07) is 5.10. The Morgan fingerprint density at radius 2 is 2.19 bits per heavy atom. The number of nitrogens with zero attached hydrogens (tertiary/aromatic N) is 1. The molecule has 0 heterocycles. The molecule has 0 saturated heterocycles. The summed E-state index contributed by atoms with van der Waals surface area (Å²) in [5, 5.41) is 9.13. The van der Waals surface area contributed by atoms with Gasteiger partial charge in [0.25, 0.3) is 0 Å². The molecule has 1 atom stereocenters. The van der Waals surface area contributed by atoms with Crippen LogP contribution in [0.4, 0.5) is 5.69 Å². The van der Waals surface area contributed by atoms with E-state index in [4.69, 9.17) is 9.84 Å². The summed E-state index contributed by atoms with van der Waals surface area (Å²) >= 11 is 0. The number of aliphatic carboxylic acids is 1. The molecule has 0 amide bonds.